The van der Waals surface area contributed by atoms with E-state index in [9.17, 15) is 9.90 Å². The Morgan fingerprint density at radius 3 is 3.00 bits per heavy atom. The molecule has 0 bridgehead atoms. The number of carbonyl (C=O) groups is 1. The highest BCUT2D eigenvalue weighted by molar-refractivity contribution is 5.95. The number of rotatable bonds is 2. The molecular weight excluding hydrogens is 266 g/mol. The minimum absolute atomic E-state index is 0.0240. The minimum atomic E-state index is -0.470. The second-order valence-corrected chi connectivity index (χ2v) is 6.15. The summed E-state index contributed by atoms with van der Waals surface area (Å²) in [6.07, 6.45) is 3.20. The Balaban J connectivity index is 1.86. The van der Waals surface area contributed by atoms with Gasteiger partial charge in [-0.2, -0.15) is 0 Å². The van der Waals surface area contributed by atoms with Gasteiger partial charge in [0.2, 0.25) is 0 Å². The van der Waals surface area contributed by atoms with Crippen LogP contribution in [0.3, 0.4) is 0 Å². The van der Waals surface area contributed by atoms with Crippen LogP contribution in [-0.2, 0) is 6.42 Å². The SMILES string of the molecule is NC[C@H]1C[C@@H](O)CN1C(=O)c1ccc2c(c1)C(N)CCC2. The van der Waals surface area contributed by atoms with E-state index in [0.717, 1.165) is 24.8 Å². The van der Waals surface area contributed by atoms with E-state index >= 15 is 0 Å². The van der Waals surface area contributed by atoms with E-state index in [1.54, 1.807) is 4.90 Å². The van der Waals surface area contributed by atoms with E-state index in [0.29, 0.717) is 25.1 Å². The highest BCUT2D eigenvalue weighted by atomic mass is 16.3. The van der Waals surface area contributed by atoms with Gasteiger partial charge in [-0.3, -0.25) is 4.79 Å². The van der Waals surface area contributed by atoms with Crippen LogP contribution in [0.15, 0.2) is 18.2 Å². The first-order valence-electron chi connectivity index (χ1n) is 7.67. The predicted octanol–water partition coefficient (Wildman–Crippen LogP) is 0.557. The molecule has 5 nitrogen and oxygen atoms in total. The zero-order chi connectivity index (χ0) is 15.0. The van der Waals surface area contributed by atoms with Crippen molar-refractivity contribution in [1.29, 1.82) is 0 Å². The Kier molecular flexibility index (Phi) is 3.97. The summed E-state index contributed by atoms with van der Waals surface area (Å²) >= 11 is 0. The smallest absolute Gasteiger partial charge is 0.254 e. The number of likely N-dealkylation sites (tertiary alicyclic amines) is 1. The number of aliphatic hydroxyl groups excluding tert-OH is 1. The molecule has 1 heterocycles. The van der Waals surface area contributed by atoms with Gasteiger partial charge in [0.1, 0.15) is 0 Å². The molecule has 114 valence electrons. The third-order valence-corrected chi connectivity index (χ3v) is 4.68. The van der Waals surface area contributed by atoms with Gasteiger partial charge in [0.05, 0.1) is 6.10 Å². The van der Waals surface area contributed by atoms with Crippen LogP contribution >= 0.6 is 0 Å². The Bertz CT molecular complexity index is 546. The second kappa shape index (κ2) is 5.75. The van der Waals surface area contributed by atoms with Crippen molar-refractivity contribution in [2.24, 2.45) is 11.5 Å². The van der Waals surface area contributed by atoms with Crippen molar-refractivity contribution in [3.05, 3.63) is 34.9 Å². The monoisotopic (exact) mass is 289 g/mol. The third-order valence-electron chi connectivity index (χ3n) is 4.68. The maximum atomic E-state index is 12.7. The normalized spacial score (nSPS) is 28.5. The predicted molar refractivity (Wildman–Crippen MR) is 80.8 cm³/mol. The summed E-state index contributed by atoms with van der Waals surface area (Å²) in [5, 5.41) is 9.76. The summed E-state index contributed by atoms with van der Waals surface area (Å²) in [7, 11) is 0. The molecule has 2 aliphatic rings. The van der Waals surface area contributed by atoms with Crippen LogP contribution in [0.1, 0.15) is 46.8 Å². The van der Waals surface area contributed by atoms with E-state index < -0.39 is 6.10 Å². The molecule has 1 aromatic rings. The van der Waals surface area contributed by atoms with E-state index in [1.807, 2.05) is 18.2 Å². The van der Waals surface area contributed by atoms with Crippen molar-refractivity contribution in [2.45, 2.75) is 43.9 Å². The van der Waals surface area contributed by atoms with Crippen LogP contribution < -0.4 is 11.5 Å². The summed E-state index contributed by atoms with van der Waals surface area (Å²) in [6.45, 7) is 0.747. The summed E-state index contributed by atoms with van der Waals surface area (Å²) in [4.78, 5) is 14.4. The van der Waals surface area contributed by atoms with Crippen molar-refractivity contribution >= 4 is 5.91 Å². The Morgan fingerprint density at radius 2 is 2.24 bits per heavy atom. The fourth-order valence-electron chi connectivity index (χ4n) is 3.50. The largest absolute Gasteiger partial charge is 0.391 e. The molecular formula is C16H23N3O2. The van der Waals surface area contributed by atoms with Crippen molar-refractivity contribution < 1.29 is 9.90 Å². The molecule has 0 saturated carbocycles. The number of fused-ring (bicyclic) bond motifs is 1. The van der Waals surface area contributed by atoms with E-state index in [-0.39, 0.29) is 18.0 Å². The van der Waals surface area contributed by atoms with E-state index in [1.165, 1.54) is 5.56 Å². The number of nitrogens with two attached hydrogens (primary N) is 2. The van der Waals surface area contributed by atoms with Crippen molar-refractivity contribution in [2.75, 3.05) is 13.1 Å². The number of aliphatic hydroxyl groups is 1. The molecule has 1 aromatic carbocycles. The van der Waals surface area contributed by atoms with Crippen molar-refractivity contribution in [3.8, 4) is 0 Å². The summed E-state index contributed by atoms with van der Waals surface area (Å²) in [5.74, 6) is -0.0532. The zero-order valence-electron chi connectivity index (χ0n) is 12.2. The number of β-amino-alcohol motifs (C(OH)–C–C–N with tert-alkyl or cyclic N) is 1. The highest BCUT2D eigenvalue weighted by Gasteiger charge is 2.34. The molecule has 0 radical (unpaired) electrons. The summed E-state index contributed by atoms with van der Waals surface area (Å²) in [6, 6.07) is 5.77. The lowest BCUT2D eigenvalue weighted by molar-refractivity contribution is 0.0720. The first kappa shape index (κ1) is 14.5. The second-order valence-electron chi connectivity index (χ2n) is 6.15. The Hall–Kier alpha value is -1.43. The van der Waals surface area contributed by atoms with Gasteiger partial charge in [-0.05, 0) is 48.9 Å². The number of hydrogen-bond acceptors (Lipinski definition) is 4. The van der Waals surface area contributed by atoms with Gasteiger partial charge in [0, 0.05) is 30.7 Å². The lowest BCUT2D eigenvalue weighted by atomic mass is 9.87. The third kappa shape index (κ3) is 2.69. The first-order valence-corrected chi connectivity index (χ1v) is 7.67. The molecule has 1 saturated heterocycles. The molecule has 1 fully saturated rings. The van der Waals surface area contributed by atoms with Crippen LogP contribution in [-0.4, -0.2) is 41.1 Å². The molecule has 21 heavy (non-hydrogen) atoms. The zero-order valence-corrected chi connectivity index (χ0v) is 12.2. The molecule has 3 rings (SSSR count). The maximum Gasteiger partial charge on any atom is 0.254 e. The number of amides is 1. The molecule has 0 aromatic heterocycles. The molecule has 1 unspecified atom stereocenters. The van der Waals surface area contributed by atoms with Gasteiger partial charge >= 0.3 is 0 Å². The maximum absolute atomic E-state index is 12.7. The average Bonchev–Trinajstić information content (AvgIpc) is 2.88. The fourth-order valence-corrected chi connectivity index (χ4v) is 3.50. The molecule has 3 atom stereocenters. The topological polar surface area (TPSA) is 92.6 Å². The quantitative estimate of drug-likeness (QED) is 0.741. The van der Waals surface area contributed by atoms with Gasteiger partial charge in [-0.1, -0.05) is 6.07 Å². The van der Waals surface area contributed by atoms with Crippen LogP contribution in [0.5, 0.6) is 0 Å². The van der Waals surface area contributed by atoms with Gasteiger partial charge in [-0.25, -0.2) is 0 Å². The van der Waals surface area contributed by atoms with Gasteiger partial charge in [0.15, 0.2) is 0 Å². The number of carbonyl (C=O) groups excluding carboxylic acids is 1. The summed E-state index contributed by atoms with van der Waals surface area (Å²) in [5.41, 5.74) is 14.9. The molecule has 1 aliphatic carbocycles. The first-order chi connectivity index (χ1) is 10.1. The van der Waals surface area contributed by atoms with Crippen molar-refractivity contribution in [1.82, 2.24) is 4.90 Å². The van der Waals surface area contributed by atoms with E-state index in [2.05, 4.69) is 0 Å². The van der Waals surface area contributed by atoms with Crippen molar-refractivity contribution in [3.63, 3.8) is 0 Å². The van der Waals surface area contributed by atoms with E-state index in [4.69, 9.17) is 11.5 Å². The van der Waals surface area contributed by atoms with Crippen LogP contribution in [0.4, 0.5) is 0 Å². The molecule has 1 aliphatic heterocycles. The fraction of sp³-hybridized carbons (Fsp3) is 0.562. The van der Waals surface area contributed by atoms with Crippen LogP contribution in [0.2, 0.25) is 0 Å². The van der Waals surface area contributed by atoms with Gasteiger partial charge in [0.25, 0.3) is 5.91 Å². The summed E-state index contributed by atoms with van der Waals surface area (Å²) < 4.78 is 0. The molecule has 5 N–H and O–H groups in total. The lowest BCUT2D eigenvalue weighted by Crippen LogP contribution is -2.40. The van der Waals surface area contributed by atoms with Gasteiger partial charge < -0.3 is 21.5 Å². The number of aryl methyl sites for hydroxylation is 1. The average molecular weight is 289 g/mol. The molecule has 1 amide bonds. The Labute approximate surface area is 124 Å². The molecule has 5 heteroatoms. The number of hydrogen-bond donors (Lipinski definition) is 3. The highest BCUT2D eigenvalue weighted by Crippen LogP contribution is 2.29. The number of nitrogens with zero attached hydrogens (tertiary/aromatic N) is 1. The number of benzene rings is 1. The minimum Gasteiger partial charge on any atom is -0.391 e. The standard InChI is InChI=1S/C16H23N3O2/c17-8-12-7-13(20)9-19(12)16(21)11-5-4-10-2-1-3-15(18)14(10)6-11/h4-6,12-13,15,20H,1-3,7-9,17-18H2/t12-,13-,15?/m1/s1. The molecule has 0 spiro atoms. The van der Waals surface area contributed by atoms with Crippen LogP contribution in [0, 0.1) is 0 Å². The van der Waals surface area contributed by atoms with Gasteiger partial charge in [-0.15, -0.1) is 0 Å². The lowest BCUT2D eigenvalue weighted by Gasteiger charge is -2.26. The Morgan fingerprint density at radius 1 is 1.43 bits per heavy atom. The van der Waals surface area contributed by atoms with Crippen LogP contribution in [0.25, 0.3) is 0 Å².